The fourth-order valence-electron chi connectivity index (χ4n) is 2.51. The molecule has 0 spiro atoms. The zero-order valence-electron chi connectivity index (χ0n) is 15.6. The van der Waals surface area contributed by atoms with Crippen LogP contribution in [0.25, 0.3) is 5.69 Å². The number of aromatic nitrogens is 2. The number of carbonyl (C=O) groups excluding carboxylic acids is 1. The van der Waals surface area contributed by atoms with Crippen molar-refractivity contribution in [3.05, 3.63) is 72.1 Å². The summed E-state index contributed by atoms with van der Waals surface area (Å²) < 4.78 is 20.4. The van der Waals surface area contributed by atoms with E-state index in [9.17, 15) is 9.18 Å². The van der Waals surface area contributed by atoms with Crippen molar-refractivity contribution in [3.8, 4) is 11.4 Å². The molecular weight excluding hydrogens is 379 g/mol. The Kier molecular flexibility index (Phi) is 6.10. The van der Waals surface area contributed by atoms with Gasteiger partial charge >= 0.3 is 0 Å². The van der Waals surface area contributed by atoms with E-state index in [-0.39, 0.29) is 5.91 Å². The van der Waals surface area contributed by atoms with Crippen LogP contribution in [0.2, 0.25) is 0 Å². The highest BCUT2D eigenvalue weighted by molar-refractivity contribution is 8.13. The van der Waals surface area contributed by atoms with Gasteiger partial charge in [-0.05, 0) is 49.6 Å². The highest BCUT2D eigenvalue weighted by Gasteiger charge is 2.11. The highest BCUT2D eigenvalue weighted by Crippen LogP contribution is 2.28. The Morgan fingerprint density at radius 3 is 2.61 bits per heavy atom. The number of carbonyl (C=O) groups is 1. The summed E-state index contributed by atoms with van der Waals surface area (Å²) in [4.78, 5) is 21.0. The Morgan fingerprint density at radius 2 is 2.00 bits per heavy atom. The van der Waals surface area contributed by atoms with Crippen molar-refractivity contribution < 1.29 is 13.9 Å². The minimum atomic E-state index is -0.393. The van der Waals surface area contributed by atoms with Gasteiger partial charge in [-0.15, -0.1) is 0 Å². The molecule has 0 saturated carbocycles. The minimum absolute atomic E-state index is 0.353. The molecule has 8 heteroatoms. The largest absolute Gasteiger partial charge is 0.494 e. The van der Waals surface area contributed by atoms with Gasteiger partial charge in [0.15, 0.2) is 5.17 Å². The van der Waals surface area contributed by atoms with E-state index in [1.54, 1.807) is 19.5 Å². The summed E-state index contributed by atoms with van der Waals surface area (Å²) in [6, 6.07) is 10.8. The number of thioether (sulfide) groups is 1. The molecule has 3 rings (SSSR count). The lowest BCUT2D eigenvalue weighted by Gasteiger charge is -2.11. The Balaban J connectivity index is 1.83. The summed E-state index contributed by atoms with van der Waals surface area (Å²) >= 11 is 1.30. The third kappa shape index (κ3) is 4.58. The SMILES string of the molecule is COc1cc(/N=C(/NC(=O)c2ccc(F)cc2)SC)ccc1-n1cnc(C)c1. The summed E-state index contributed by atoms with van der Waals surface area (Å²) in [7, 11) is 1.59. The number of nitrogens with one attached hydrogen (secondary N) is 1. The predicted molar refractivity (Wildman–Crippen MR) is 109 cm³/mol. The van der Waals surface area contributed by atoms with Gasteiger partial charge in [-0.1, -0.05) is 11.8 Å². The van der Waals surface area contributed by atoms with Crippen LogP contribution in [0.5, 0.6) is 5.75 Å². The van der Waals surface area contributed by atoms with Crippen LogP contribution in [0, 0.1) is 12.7 Å². The van der Waals surface area contributed by atoms with E-state index >= 15 is 0 Å². The lowest BCUT2D eigenvalue weighted by atomic mass is 10.2. The first-order chi connectivity index (χ1) is 13.5. The number of aryl methyl sites for hydroxylation is 1. The van der Waals surface area contributed by atoms with E-state index in [0.717, 1.165) is 11.4 Å². The number of imidazole rings is 1. The van der Waals surface area contributed by atoms with E-state index < -0.39 is 5.82 Å². The molecule has 0 fully saturated rings. The van der Waals surface area contributed by atoms with Gasteiger partial charge in [-0.2, -0.15) is 0 Å². The second-order valence-electron chi connectivity index (χ2n) is 5.86. The average Bonchev–Trinajstić information content (AvgIpc) is 3.13. The number of nitrogens with zero attached hydrogens (tertiary/aromatic N) is 3. The number of benzene rings is 2. The first kappa shape index (κ1) is 19.6. The van der Waals surface area contributed by atoms with Crippen molar-refractivity contribution in [3.63, 3.8) is 0 Å². The maximum atomic E-state index is 13.0. The molecule has 1 N–H and O–H groups in total. The van der Waals surface area contributed by atoms with Crippen LogP contribution in [0.4, 0.5) is 10.1 Å². The highest BCUT2D eigenvalue weighted by atomic mass is 32.2. The third-order valence-corrected chi connectivity index (χ3v) is 4.48. The molecule has 0 atom stereocenters. The molecule has 28 heavy (non-hydrogen) atoms. The molecule has 0 aliphatic rings. The van der Waals surface area contributed by atoms with Crippen LogP contribution in [0.1, 0.15) is 16.1 Å². The van der Waals surface area contributed by atoms with Crippen molar-refractivity contribution in [2.45, 2.75) is 6.92 Å². The monoisotopic (exact) mass is 398 g/mol. The van der Waals surface area contributed by atoms with Crippen LogP contribution in [0.15, 0.2) is 60.0 Å². The zero-order chi connectivity index (χ0) is 20.1. The molecule has 144 valence electrons. The first-order valence-electron chi connectivity index (χ1n) is 8.38. The van der Waals surface area contributed by atoms with Crippen LogP contribution in [-0.2, 0) is 0 Å². The normalized spacial score (nSPS) is 11.4. The molecule has 1 heterocycles. The Hall–Kier alpha value is -3.13. The topological polar surface area (TPSA) is 68.5 Å². The van der Waals surface area contributed by atoms with Crippen molar-refractivity contribution in [1.82, 2.24) is 14.9 Å². The number of rotatable bonds is 4. The fraction of sp³-hybridized carbons (Fsp3) is 0.150. The molecule has 0 radical (unpaired) electrons. The van der Waals surface area contributed by atoms with Gasteiger partial charge in [0.25, 0.3) is 5.91 Å². The summed E-state index contributed by atoms with van der Waals surface area (Å²) in [5.74, 6) is -0.120. The molecule has 0 bridgehead atoms. The first-order valence-corrected chi connectivity index (χ1v) is 9.61. The number of methoxy groups -OCH3 is 1. The summed E-state index contributed by atoms with van der Waals surface area (Å²) in [5.41, 5.74) is 2.72. The molecular formula is C20H19FN4O2S. The number of amidine groups is 1. The molecule has 0 aliphatic carbocycles. The lowest BCUT2D eigenvalue weighted by Crippen LogP contribution is -2.28. The summed E-state index contributed by atoms with van der Waals surface area (Å²) in [6.45, 7) is 1.91. The molecule has 0 saturated heterocycles. The van der Waals surface area contributed by atoms with Gasteiger partial charge in [0, 0.05) is 17.8 Å². The van der Waals surface area contributed by atoms with E-state index in [4.69, 9.17) is 4.74 Å². The van der Waals surface area contributed by atoms with E-state index in [2.05, 4.69) is 15.3 Å². The van der Waals surface area contributed by atoms with Crippen LogP contribution in [-0.4, -0.2) is 34.0 Å². The Labute approximate surface area is 166 Å². The van der Waals surface area contributed by atoms with Gasteiger partial charge in [-0.3, -0.25) is 4.79 Å². The maximum Gasteiger partial charge on any atom is 0.257 e. The Morgan fingerprint density at radius 1 is 1.25 bits per heavy atom. The van der Waals surface area contributed by atoms with E-state index in [1.165, 1.54) is 36.0 Å². The van der Waals surface area contributed by atoms with Crippen LogP contribution >= 0.6 is 11.8 Å². The third-order valence-electron chi connectivity index (χ3n) is 3.90. The Bertz CT molecular complexity index is 1020. The summed E-state index contributed by atoms with van der Waals surface area (Å²) in [6.07, 6.45) is 5.42. The second kappa shape index (κ2) is 8.71. The molecule has 3 aromatic rings. The number of amides is 1. The standard InChI is InChI=1S/C20H19FN4O2S/c1-13-11-25(12-22-13)17-9-8-16(10-18(17)27-2)23-20(28-3)24-19(26)14-4-6-15(21)7-5-14/h4-12H,1-3H3,(H,23,24,26). The van der Waals surface area contributed by atoms with Crippen molar-refractivity contribution >= 4 is 28.5 Å². The number of halogens is 1. The molecule has 0 unspecified atom stereocenters. The molecule has 0 aliphatic heterocycles. The molecule has 2 aromatic carbocycles. The van der Waals surface area contributed by atoms with Crippen molar-refractivity contribution in [2.24, 2.45) is 4.99 Å². The minimum Gasteiger partial charge on any atom is -0.494 e. The zero-order valence-corrected chi connectivity index (χ0v) is 16.5. The summed E-state index contributed by atoms with van der Waals surface area (Å²) in [5, 5.41) is 3.15. The van der Waals surface area contributed by atoms with Gasteiger partial charge in [0.05, 0.1) is 30.5 Å². The van der Waals surface area contributed by atoms with Gasteiger partial charge in [0.1, 0.15) is 11.6 Å². The molecule has 1 aromatic heterocycles. The smallest absolute Gasteiger partial charge is 0.257 e. The van der Waals surface area contributed by atoms with Crippen LogP contribution in [0.3, 0.4) is 0 Å². The number of hydrogen-bond donors (Lipinski definition) is 1. The van der Waals surface area contributed by atoms with Crippen molar-refractivity contribution in [1.29, 1.82) is 0 Å². The van der Waals surface area contributed by atoms with Crippen LogP contribution < -0.4 is 10.1 Å². The molecule has 1 amide bonds. The second-order valence-corrected chi connectivity index (χ2v) is 6.66. The number of aliphatic imine (C=N–C) groups is 1. The number of ether oxygens (including phenoxy) is 1. The van der Waals surface area contributed by atoms with E-state index in [1.807, 2.05) is 36.1 Å². The average molecular weight is 398 g/mol. The lowest BCUT2D eigenvalue weighted by molar-refractivity contribution is 0.0978. The van der Waals surface area contributed by atoms with Gasteiger partial charge < -0.3 is 14.6 Å². The van der Waals surface area contributed by atoms with E-state index in [0.29, 0.717) is 22.2 Å². The predicted octanol–water partition coefficient (Wildman–Crippen LogP) is 4.11. The molecule has 6 nitrogen and oxygen atoms in total. The fourth-order valence-corrected chi connectivity index (χ4v) is 2.91. The maximum absolute atomic E-state index is 13.0. The van der Waals surface area contributed by atoms with Crippen molar-refractivity contribution in [2.75, 3.05) is 13.4 Å². The van der Waals surface area contributed by atoms with Gasteiger partial charge in [0.2, 0.25) is 0 Å². The van der Waals surface area contributed by atoms with Gasteiger partial charge in [-0.25, -0.2) is 14.4 Å². The number of hydrogen-bond acceptors (Lipinski definition) is 5. The quantitative estimate of drug-likeness (QED) is 0.530.